The van der Waals surface area contributed by atoms with Crippen LogP contribution in [0, 0.1) is 0 Å². The van der Waals surface area contributed by atoms with Gasteiger partial charge in [-0.15, -0.1) is 0 Å². The minimum atomic E-state index is -0.632. The van der Waals surface area contributed by atoms with Gasteiger partial charge in [0.15, 0.2) is 0 Å². The van der Waals surface area contributed by atoms with E-state index >= 15 is 0 Å². The van der Waals surface area contributed by atoms with Gasteiger partial charge in [-0.25, -0.2) is 0 Å². The maximum absolute atomic E-state index is 10.6. The number of rotatable bonds is 3. The van der Waals surface area contributed by atoms with Gasteiger partial charge in [0.05, 0.1) is 6.42 Å². The molecule has 1 amide bonds. The van der Waals surface area contributed by atoms with Gasteiger partial charge in [-0.1, -0.05) is 0 Å². The largest absolute Gasteiger partial charge is 0.433 e. The van der Waals surface area contributed by atoms with Gasteiger partial charge < -0.3 is 14.8 Å². The molecule has 5 nitrogen and oxygen atoms in total. The lowest BCUT2D eigenvalue weighted by molar-refractivity contribution is -0.159. The molecule has 1 aliphatic heterocycles. The van der Waals surface area contributed by atoms with Crippen LogP contribution in [0.5, 0.6) is 0 Å². The molecule has 0 spiro atoms. The number of nitrogens with one attached hydrogen (secondary N) is 1. The Hall–Kier alpha value is -1.10. The highest BCUT2D eigenvalue weighted by atomic mass is 16.7. The van der Waals surface area contributed by atoms with Crippen LogP contribution in [-0.4, -0.2) is 31.8 Å². The van der Waals surface area contributed by atoms with E-state index in [0.717, 1.165) is 0 Å². The van der Waals surface area contributed by atoms with E-state index in [-0.39, 0.29) is 18.4 Å². The molecule has 5 heteroatoms. The standard InChI is InChI=1S/C6H9NO4/c1-10-6-4(7-3-8)2-5(9)11-6/h3-4,6H,2H2,1H3,(H,7,8). The first-order chi connectivity index (χ1) is 5.27. The molecule has 0 aromatic heterocycles. The summed E-state index contributed by atoms with van der Waals surface area (Å²) in [5.74, 6) is -0.351. The number of amides is 1. The molecular formula is C6H9NO4. The van der Waals surface area contributed by atoms with Gasteiger partial charge in [0.2, 0.25) is 12.7 Å². The topological polar surface area (TPSA) is 64.6 Å². The van der Waals surface area contributed by atoms with Crippen molar-refractivity contribution in [3.8, 4) is 0 Å². The van der Waals surface area contributed by atoms with E-state index in [9.17, 15) is 9.59 Å². The smallest absolute Gasteiger partial charge is 0.310 e. The van der Waals surface area contributed by atoms with Crippen LogP contribution in [0.2, 0.25) is 0 Å². The van der Waals surface area contributed by atoms with Crippen molar-refractivity contribution in [3.63, 3.8) is 0 Å². The van der Waals surface area contributed by atoms with E-state index in [2.05, 4.69) is 5.32 Å². The normalized spacial score (nSPS) is 29.7. The summed E-state index contributed by atoms with van der Waals surface area (Å²) in [5, 5.41) is 2.42. The molecule has 1 N–H and O–H groups in total. The minimum Gasteiger partial charge on any atom is -0.433 e. The first-order valence-electron chi connectivity index (χ1n) is 3.20. The summed E-state index contributed by atoms with van der Waals surface area (Å²) in [6, 6.07) is -0.343. The lowest BCUT2D eigenvalue weighted by Gasteiger charge is -2.13. The van der Waals surface area contributed by atoms with Gasteiger partial charge in [0, 0.05) is 7.11 Å². The molecule has 2 unspecified atom stereocenters. The Morgan fingerprint density at radius 2 is 2.55 bits per heavy atom. The summed E-state index contributed by atoms with van der Waals surface area (Å²) >= 11 is 0. The molecule has 62 valence electrons. The van der Waals surface area contributed by atoms with Crippen LogP contribution < -0.4 is 5.32 Å². The molecule has 0 aromatic rings. The lowest BCUT2D eigenvalue weighted by Crippen LogP contribution is -2.36. The first kappa shape index (κ1) is 8.00. The quantitative estimate of drug-likeness (QED) is 0.424. The van der Waals surface area contributed by atoms with Gasteiger partial charge in [-0.05, 0) is 0 Å². The van der Waals surface area contributed by atoms with Gasteiger partial charge in [-0.2, -0.15) is 0 Å². The zero-order valence-corrected chi connectivity index (χ0v) is 6.07. The van der Waals surface area contributed by atoms with E-state index in [1.807, 2.05) is 0 Å². The second-order valence-corrected chi connectivity index (χ2v) is 2.19. The number of hydrogen-bond acceptors (Lipinski definition) is 4. The monoisotopic (exact) mass is 159 g/mol. The predicted octanol–water partition coefficient (Wildman–Crippen LogP) is -0.980. The van der Waals surface area contributed by atoms with E-state index in [1.165, 1.54) is 7.11 Å². The molecule has 11 heavy (non-hydrogen) atoms. The Labute approximate surface area is 63.7 Å². The maximum Gasteiger partial charge on any atom is 0.310 e. The zero-order chi connectivity index (χ0) is 8.27. The van der Waals surface area contributed by atoms with Crippen LogP contribution in [0.4, 0.5) is 0 Å². The van der Waals surface area contributed by atoms with Crippen molar-refractivity contribution in [3.05, 3.63) is 0 Å². The highest BCUT2D eigenvalue weighted by Crippen LogP contribution is 2.14. The van der Waals surface area contributed by atoms with E-state index < -0.39 is 6.29 Å². The Morgan fingerprint density at radius 1 is 1.82 bits per heavy atom. The number of carbonyl (C=O) groups excluding carboxylic acids is 2. The van der Waals surface area contributed by atoms with Crippen LogP contribution in [0.15, 0.2) is 0 Å². The van der Waals surface area contributed by atoms with Crippen molar-refractivity contribution in [1.29, 1.82) is 0 Å². The number of carbonyl (C=O) groups is 2. The van der Waals surface area contributed by atoms with E-state index in [1.54, 1.807) is 0 Å². The molecule has 0 bridgehead atoms. The van der Waals surface area contributed by atoms with Crippen LogP contribution in [0.25, 0.3) is 0 Å². The van der Waals surface area contributed by atoms with Crippen molar-refractivity contribution in [1.82, 2.24) is 5.32 Å². The number of methoxy groups -OCH3 is 1. The molecule has 0 aliphatic carbocycles. The molecule has 1 heterocycles. The van der Waals surface area contributed by atoms with Crippen LogP contribution >= 0.6 is 0 Å². The summed E-state index contributed by atoms with van der Waals surface area (Å²) < 4.78 is 9.48. The summed E-state index contributed by atoms with van der Waals surface area (Å²) in [4.78, 5) is 20.6. The fourth-order valence-electron chi connectivity index (χ4n) is 0.973. The molecule has 0 saturated carbocycles. The van der Waals surface area contributed by atoms with Crippen LogP contribution in [0.3, 0.4) is 0 Å². The predicted molar refractivity (Wildman–Crippen MR) is 34.5 cm³/mol. The number of hydrogen-bond donors (Lipinski definition) is 1. The third kappa shape index (κ3) is 1.68. The van der Waals surface area contributed by atoms with E-state index in [0.29, 0.717) is 6.41 Å². The average Bonchev–Trinajstić information content (AvgIpc) is 2.32. The fraction of sp³-hybridized carbons (Fsp3) is 0.667. The molecule has 0 radical (unpaired) electrons. The number of ether oxygens (including phenoxy) is 2. The van der Waals surface area contributed by atoms with Crippen LogP contribution in [0.1, 0.15) is 6.42 Å². The summed E-state index contributed by atoms with van der Waals surface area (Å²) in [6.07, 6.45) is 0.0725. The lowest BCUT2D eigenvalue weighted by atomic mass is 10.2. The first-order valence-corrected chi connectivity index (χ1v) is 3.20. The Morgan fingerprint density at radius 3 is 3.09 bits per heavy atom. The third-order valence-corrected chi connectivity index (χ3v) is 1.48. The highest BCUT2D eigenvalue weighted by molar-refractivity contribution is 5.73. The van der Waals surface area contributed by atoms with Crippen LogP contribution in [-0.2, 0) is 19.1 Å². The minimum absolute atomic E-state index is 0.178. The van der Waals surface area contributed by atoms with Gasteiger partial charge in [-0.3, -0.25) is 9.59 Å². The Kier molecular flexibility index (Phi) is 2.43. The van der Waals surface area contributed by atoms with Gasteiger partial charge in [0.25, 0.3) is 0 Å². The Balaban J connectivity index is 2.49. The molecule has 1 fully saturated rings. The zero-order valence-electron chi connectivity index (χ0n) is 6.07. The fourth-order valence-corrected chi connectivity index (χ4v) is 0.973. The maximum atomic E-state index is 10.6. The summed E-state index contributed by atoms with van der Waals surface area (Å²) in [7, 11) is 1.42. The van der Waals surface area contributed by atoms with Crippen molar-refractivity contribution >= 4 is 12.4 Å². The highest BCUT2D eigenvalue weighted by Gasteiger charge is 2.34. The number of esters is 1. The second kappa shape index (κ2) is 3.34. The third-order valence-electron chi connectivity index (χ3n) is 1.48. The SMILES string of the molecule is COC1OC(=O)CC1NC=O. The summed E-state index contributed by atoms with van der Waals surface area (Å²) in [6.45, 7) is 0. The van der Waals surface area contributed by atoms with Crippen molar-refractivity contribution in [2.75, 3.05) is 7.11 Å². The van der Waals surface area contributed by atoms with E-state index in [4.69, 9.17) is 9.47 Å². The van der Waals surface area contributed by atoms with Crippen molar-refractivity contribution < 1.29 is 19.1 Å². The average molecular weight is 159 g/mol. The van der Waals surface area contributed by atoms with Gasteiger partial charge in [0.1, 0.15) is 6.04 Å². The summed E-state index contributed by atoms with van der Waals surface area (Å²) in [5.41, 5.74) is 0. The molecule has 0 aromatic carbocycles. The second-order valence-electron chi connectivity index (χ2n) is 2.19. The van der Waals surface area contributed by atoms with Crippen molar-refractivity contribution in [2.24, 2.45) is 0 Å². The molecule has 1 saturated heterocycles. The molecule has 1 rings (SSSR count). The molecular weight excluding hydrogens is 150 g/mol. The molecule has 1 aliphatic rings. The number of cyclic esters (lactones) is 1. The van der Waals surface area contributed by atoms with Crippen molar-refractivity contribution in [2.45, 2.75) is 18.8 Å². The van der Waals surface area contributed by atoms with Gasteiger partial charge >= 0.3 is 5.97 Å². The molecule has 2 atom stereocenters. The Bertz CT molecular complexity index is 170.